The largest absolute Gasteiger partial charge is 0.466 e. The van der Waals surface area contributed by atoms with Crippen LogP contribution in [0.25, 0.3) is 0 Å². The van der Waals surface area contributed by atoms with Crippen LogP contribution in [0.5, 0.6) is 5.88 Å². The minimum Gasteiger partial charge on any atom is -0.466 e. The van der Waals surface area contributed by atoms with Gasteiger partial charge in [0, 0.05) is 12.1 Å². The van der Waals surface area contributed by atoms with Crippen LogP contribution in [0.2, 0.25) is 0 Å². The van der Waals surface area contributed by atoms with E-state index < -0.39 is 0 Å². The Morgan fingerprint density at radius 1 is 1.25 bits per heavy atom. The smallest absolute Gasteiger partial charge is 0.258 e. The lowest BCUT2D eigenvalue weighted by molar-refractivity contribution is -0.124. The van der Waals surface area contributed by atoms with Crippen LogP contribution < -0.4 is 10.1 Å². The Kier molecular flexibility index (Phi) is 5.32. The number of nitrogens with zero attached hydrogens (tertiary/aromatic N) is 2. The summed E-state index contributed by atoms with van der Waals surface area (Å²) in [5.41, 5.74) is 1.89. The maximum atomic E-state index is 11.9. The summed E-state index contributed by atoms with van der Waals surface area (Å²) in [5.74, 6) is 0.334. The molecule has 0 spiro atoms. The molecule has 1 heterocycles. The van der Waals surface area contributed by atoms with Crippen LogP contribution in [0.1, 0.15) is 49.8 Å². The molecule has 1 N–H and O–H groups in total. The number of aryl methyl sites for hydroxylation is 2. The van der Waals surface area contributed by atoms with E-state index in [-0.39, 0.29) is 12.5 Å². The maximum absolute atomic E-state index is 11.9. The van der Waals surface area contributed by atoms with Gasteiger partial charge in [0.05, 0.1) is 5.69 Å². The Balaban J connectivity index is 1.77. The molecular weight excluding hydrogens is 254 g/mol. The molecule has 1 aliphatic carbocycles. The van der Waals surface area contributed by atoms with Crippen molar-refractivity contribution in [3.8, 4) is 5.88 Å². The number of hydrogen-bond donors (Lipinski definition) is 1. The molecule has 0 saturated heterocycles. The number of ether oxygens (including phenoxy) is 1. The molecule has 20 heavy (non-hydrogen) atoms. The van der Waals surface area contributed by atoms with Gasteiger partial charge in [-0.15, -0.1) is 5.10 Å². The molecule has 1 aromatic rings. The average Bonchev–Trinajstić information content (AvgIpc) is 2.69. The molecule has 5 nitrogen and oxygen atoms in total. The monoisotopic (exact) mass is 277 g/mol. The molecule has 5 heteroatoms. The molecule has 1 saturated carbocycles. The van der Waals surface area contributed by atoms with Gasteiger partial charge in [-0.1, -0.05) is 25.7 Å². The van der Waals surface area contributed by atoms with Crippen molar-refractivity contribution in [1.29, 1.82) is 0 Å². The second-order valence-corrected chi connectivity index (χ2v) is 5.50. The van der Waals surface area contributed by atoms with E-state index in [1.807, 2.05) is 13.8 Å². The minimum absolute atomic E-state index is 0.00762. The third-order valence-corrected chi connectivity index (χ3v) is 3.78. The second kappa shape index (κ2) is 7.22. The number of amides is 1. The highest BCUT2D eigenvalue weighted by Crippen LogP contribution is 2.17. The first kappa shape index (κ1) is 14.8. The van der Waals surface area contributed by atoms with Gasteiger partial charge in [0.2, 0.25) is 5.88 Å². The molecule has 1 aromatic heterocycles. The van der Waals surface area contributed by atoms with Crippen molar-refractivity contribution in [3.63, 3.8) is 0 Å². The second-order valence-electron chi connectivity index (χ2n) is 5.50. The molecule has 0 radical (unpaired) electrons. The van der Waals surface area contributed by atoms with Gasteiger partial charge in [-0.25, -0.2) is 0 Å². The van der Waals surface area contributed by atoms with Crippen molar-refractivity contribution in [2.24, 2.45) is 0 Å². The zero-order chi connectivity index (χ0) is 14.4. The van der Waals surface area contributed by atoms with Gasteiger partial charge in [0.15, 0.2) is 6.61 Å². The van der Waals surface area contributed by atoms with Crippen LogP contribution in [0.15, 0.2) is 6.07 Å². The predicted octanol–water partition coefficient (Wildman–Crippen LogP) is 2.31. The van der Waals surface area contributed by atoms with Gasteiger partial charge < -0.3 is 10.1 Å². The number of hydrogen-bond acceptors (Lipinski definition) is 4. The van der Waals surface area contributed by atoms with E-state index in [0.717, 1.165) is 24.1 Å². The Labute approximate surface area is 120 Å². The van der Waals surface area contributed by atoms with Gasteiger partial charge in [-0.05, 0) is 32.3 Å². The Morgan fingerprint density at radius 3 is 2.60 bits per heavy atom. The van der Waals surface area contributed by atoms with E-state index in [9.17, 15) is 4.79 Å². The Morgan fingerprint density at radius 2 is 1.95 bits per heavy atom. The quantitative estimate of drug-likeness (QED) is 0.858. The van der Waals surface area contributed by atoms with Crippen LogP contribution in [0, 0.1) is 13.8 Å². The van der Waals surface area contributed by atoms with E-state index in [2.05, 4.69) is 15.5 Å². The number of carbonyl (C=O) groups is 1. The topological polar surface area (TPSA) is 64.1 Å². The fourth-order valence-electron chi connectivity index (χ4n) is 2.42. The van der Waals surface area contributed by atoms with Crippen molar-refractivity contribution in [1.82, 2.24) is 15.5 Å². The lowest BCUT2D eigenvalue weighted by atomic mass is 10.1. The van der Waals surface area contributed by atoms with Gasteiger partial charge in [0.1, 0.15) is 0 Å². The third-order valence-electron chi connectivity index (χ3n) is 3.78. The lowest BCUT2D eigenvalue weighted by Gasteiger charge is -2.16. The summed E-state index contributed by atoms with van der Waals surface area (Å²) in [6.45, 7) is 3.85. The van der Waals surface area contributed by atoms with Crippen molar-refractivity contribution in [2.75, 3.05) is 6.61 Å². The van der Waals surface area contributed by atoms with E-state index in [0.29, 0.717) is 11.9 Å². The molecule has 0 aromatic carbocycles. The summed E-state index contributed by atoms with van der Waals surface area (Å²) in [6.07, 6.45) is 7.12. The predicted molar refractivity (Wildman–Crippen MR) is 76.6 cm³/mol. The van der Waals surface area contributed by atoms with E-state index in [1.54, 1.807) is 6.07 Å². The number of carbonyl (C=O) groups excluding carboxylic acids is 1. The van der Waals surface area contributed by atoms with Crippen LogP contribution in [0.3, 0.4) is 0 Å². The molecule has 0 atom stereocenters. The van der Waals surface area contributed by atoms with E-state index in [4.69, 9.17) is 4.74 Å². The first-order valence-corrected chi connectivity index (χ1v) is 7.38. The van der Waals surface area contributed by atoms with Crippen LogP contribution >= 0.6 is 0 Å². The third kappa shape index (κ3) is 4.47. The van der Waals surface area contributed by atoms with Crippen molar-refractivity contribution >= 4 is 5.91 Å². The van der Waals surface area contributed by atoms with Gasteiger partial charge >= 0.3 is 0 Å². The summed E-state index contributed by atoms with van der Waals surface area (Å²) in [7, 11) is 0. The van der Waals surface area contributed by atoms with Crippen LogP contribution in [0.4, 0.5) is 0 Å². The summed E-state index contributed by atoms with van der Waals surface area (Å²) >= 11 is 0. The zero-order valence-electron chi connectivity index (χ0n) is 12.3. The van der Waals surface area contributed by atoms with Gasteiger partial charge in [0.25, 0.3) is 5.91 Å². The zero-order valence-corrected chi connectivity index (χ0v) is 12.3. The summed E-state index contributed by atoms with van der Waals surface area (Å²) in [5, 5.41) is 10.9. The fourth-order valence-corrected chi connectivity index (χ4v) is 2.42. The van der Waals surface area contributed by atoms with Gasteiger partial charge in [-0.3, -0.25) is 4.79 Å². The Bertz CT molecular complexity index is 454. The highest BCUT2D eigenvalue weighted by molar-refractivity contribution is 5.77. The molecule has 110 valence electrons. The number of aromatic nitrogens is 2. The van der Waals surface area contributed by atoms with Crippen molar-refractivity contribution < 1.29 is 9.53 Å². The molecule has 1 amide bonds. The molecule has 1 fully saturated rings. The first-order valence-electron chi connectivity index (χ1n) is 7.38. The molecule has 0 bridgehead atoms. The minimum atomic E-state index is -0.0723. The normalized spacial score (nSPS) is 16.5. The van der Waals surface area contributed by atoms with Crippen molar-refractivity contribution in [3.05, 3.63) is 17.3 Å². The average molecular weight is 277 g/mol. The number of nitrogens with one attached hydrogen (secondary N) is 1. The highest BCUT2D eigenvalue weighted by Gasteiger charge is 2.15. The molecule has 0 aliphatic heterocycles. The standard InChI is InChI=1S/C15H23N3O2/c1-11-9-15(18-17-12(11)2)20-10-14(19)16-13-7-5-3-4-6-8-13/h9,13H,3-8,10H2,1-2H3,(H,16,19). The molecular formula is C15H23N3O2. The Hall–Kier alpha value is -1.65. The first-order chi connectivity index (χ1) is 9.65. The van der Waals surface area contributed by atoms with Crippen LogP contribution in [-0.4, -0.2) is 28.8 Å². The summed E-state index contributed by atoms with van der Waals surface area (Å²) in [6, 6.07) is 2.11. The fraction of sp³-hybridized carbons (Fsp3) is 0.667. The number of rotatable bonds is 4. The van der Waals surface area contributed by atoms with Gasteiger partial charge in [-0.2, -0.15) is 5.10 Å². The SMILES string of the molecule is Cc1cc(OCC(=O)NC2CCCCCC2)nnc1C. The van der Waals surface area contributed by atoms with Crippen LogP contribution in [-0.2, 0) is 4.79 Å². The molecule has 1 aliphatic rings. The van der Waals surface area contributed by atoms with E-state index >= 15 is 0 Å². The summed E-state index contributed by atoms with van der Waals surface area (Å²) in [4.78, 5) is 11.9. The lowest BCUT2D eigenvalue weighted by Crippen LogP contribution is -2.37. The molecule has 0 unspecified atom stereocenters. The van der Waals surface area contributed by atoms with E-state index in [1.165, 1.54) is 25.7 Å². The summed E-state index contributed by atoms with van der Waals surface area (Å²) < 4.78 is 5.39. The van der Waals surface area contributed by atoms with Crippen molar-refractivity contribution in [2.45, 2.75) is 58.4 Å². The maximum Gasteiger partial charge on any atom is 0.258 e. The highest BCUT2D eigenvalue weighted by atomic mass is 16.5. The molecule has 2 rings (SSSR count).